The molecule has 2 aliphatic heterocycles. The van der Waals surface area contributed by atoms with Crippen molar-refractivity contribution in [3.8, 4) is 0 Å². The summed E-state index contributed by atoms with van der Waals surface area (Å²) < 4.78 is 37.7. The largest absolute Gasteiger partial charge is 0.490 e. The Morgan fingerprint density at radius 1 is 1.38 bits per heavy atom. The maximum atomic E-state index is 12.4. The zero-order valence-corrected chi connectivity index (χ0v) is 15.0. The molecule has 0 aliphatic carbocycles. The number of rotatable bonds is 1. The Morgan fingerprint density at radius 3 is 2.50 bits per heavy atom. The predicted molar refractivity (Wildman–Crippen MR) is 87.2 cm³/mol. The average molecular weight is 395 g/mol. The number of alkyl halides is 3. The van der Waals surface area contributed by atoms with Gasteiger partial charge in [0.1, 0.15) is 5.69 Å². The zero-order chi connectivity index (χ0) is 19.4. The number of carboxylic acids is 1. The number of thiazole rings is 1. The van der Waals surface area contributed by atoms with Crippen molar-refractivity contribution >= 4 is 23.2 Å². The number of aliphatic carboxylic acids is 1. The summed E-state index contributed by atoms with van der Waals surface area (Å²) in [6.07, 6.45) is -3.13. The Bertz CT molecular complexity index is 639. The minimum Gasteiger partial charge on any atom is -0.475 e. The van der Waals surface area contributed by atoms with Gasteiger partial charge in [-0.15, -0.1) is 11.3 Å². The number of ether oxygens (including phenoxy) is 1. The Kier molecular flexibility index (Phi) is 6.58. The maximum absolute atomic E-state index is 12.4. The van der Waals surface area contributed by atoms with Crippen LogP contribution in [0, 0.1) is 6.92 Å². The molecule has 1 amide bonds. The van der Waals surface area contributed by atoms with Gasteiger partial charge < -0.3 is 20.1 Å². The van der Waals surface area contributed by atoms with Gasteiger partial charge in [0.25, 0.3) is 5.91 Å². The summed E-state index contributed by atoms with van der Waals surface area (Å²) in [5.41, 5.74) is 0.443. The van der Waals surface area contributed by atoms with Gasteiger partial charge in [-0.25, -0.2) is 9.78 Å². The van der Waals surface area contributed by atoms with Gasteiger partial charge in [0.15, 0.2) is 0 Å². The minimum atomic E-state index is -5.08. The van der Waals surface area contributed by atoms with Crippen LogP contribution in [-0.4, -0.2) is 71.4 Å². The summed E-state index contributed by atoms with van der Waals surface area (Å²) in [5, 5.41) is 13.3. The monoisotopic (exact) mass is 395 g/mol. The van der Waals surface area contributed by atoms with Gasteiger partial charge in [0.05, 0.1) is 23.8 Å². The summed E-state index contributed by atoms with van der Waals surface area (Å²) in [6, 6.07) is 0. The first-order valence-electron chi connectivity index (χ1n) is 7.99. The van der Waals surface area contributed by atoms with E-state index < -0.39 is 12.1 Å². The van der Waals surface area contributed by atoms with Crippen LogP contribution in [-0.2, 0) is 9.53 Å². The molecule has 2 aliphatic rings. The number of piperidine rings is 1. The number of nitrogens with zero attached hydrogens (tertiary/aromatic N) is 2. The molecule has 146 valence electrons. The summed E-state index contributed by atoms with van der Waals surface area (Å²) in [4.78, 5) is 27.5. The second-order valence-electron chi connectivity index (χ2n) is 6.06. The van der Waals surface area contributed by atoms with E-state index in [4.69, 9.17) is 14.6 Å². The fourth-order valence-electron chi connectivity index (χ4n) is 2.83. The van der Waals surface area contributed by atoms with E-state index in [9.17, 15) is 18.0 Å². The highest BCUT2D eigenvalue weighted by Crippen LogP contribution is 2.28. The number of morpholine rings is 1. The van der Waals surface area contributed by atoms with Crippen LogP contribution in [0.2, 0.25) is 0 Å². The molecule has 0 atom stereocenters. The molecule has 0 bridgehead atoms. The summed E-state index contributed by atoms with van der Waals surface area (Å²) in [6.45, 7) is 5.87. The molecule has 0 radical (unpaired) electrons. The first-order chi connectivity index (χ1) is 12.1. The van der Waals surface area contributed by atoms with Crippen molar-refractivity contribution in [2.75, 3.05) is 32.8 Å². The number of carboxylic acid groups (broad SMARTS) is 1. The number of aromatic nitrogens is 1. The quantitative estimate of drug-likeness (QED) is 0.752. The van der Waals surface area contributed by atoms with E-state index in [1.165, 1.54) is 11.3 Å². The van der Waals surface area contributed by atoms with Crippen molar-refractivity contribution < 1.29 is 32.6 Å². The molecule has 1 aromatic rings. The standard InChI is InChI=1S/C13H19N3O2S.C2HF3O2/c1-10-15-11(8-19-10)12(17)16-6-7-18-13(9-16)2-4-14-5-3-13;3-2(4,5)1(6)7/h8,14H,2-7,9H2,1H3;(H,6,7). The number of carbonyl (C=O) groups is 2. The van der Waals surface area contributed by atoms with Crippen molar-refractivity contribution in [1.29, 1.82) is 0 Å². The van der Waals surface area contributed by atoms with Gasteiger partial charge in [-0.05, 0) is 32.9 Å². The first-order valence-corrected chi connectivity index (χ1v) is 8.87. The molecule has 11 heteroatoms. The van der Waals surface area contributed by atoms with Crippen molar-refractivity contribution in [1.82, 2.24) is 15.2 Å². The van der Waals surface area contributed by atoms with Crippen LogP contribution in [0.15, 0.2) is 5.38 Å². The lowest BCUT2D eigenvalue weighted by atomic mass is 9.90. The highest BCUT2D eigenvalue weighted by Gasteiger charge is 2.40. The minimum absolute atomic E-state index is 0.0468. The normalized spacial score (nSPS) is 19.6. The van der Waals surface area contributed by atoms with Gasteiger partial charge >= 0.3 is 12.1 Å². The van der Waals surface area contributed by atoms with E-state index >= 15 is 0 Å². The molecule has 2 saturated heterocycles. The lowest BCUT2D eigenvalue weighted by Gasteiger charge is -2.44. The Hall–Kier alpha value is -1.72. The number of amides is 1. The van der Waals surface area contributed by atoms with E-state index in [-0.39, 0.29) is 11.5 Å². The molecular formula is C15H20F3N3O4S. The molecule has 2 N–H and O–H groups in total. The molecule has 2 fully saturated rings. The van der Waals surface area contributed by atoms with Crippen LogP contribution in [0.25, 0.3) is 0 Å². The molecule has 7 nitrogen and oxygen atoms in total. The van der Waals surface area contributed by atoms with Gasteiger partial charge in [-0.2, -0.15) is 13.2 Å². The van der Waals surface area contributed by atoms with Gasteiger partial charge in [-0.1, -0.05) is 0 Å². The number of nitrogens with one attached hydrogen (secondary N) is 1. The molecule has 0 saturated carbocycles. The van der Waals surface area contributed by atoms with E-state index in [2.05, 4.69) is 10.3 Å². The number of carbonyl (C=O) groups excluding carboxylic acids is 1. The van der Waals surface area contributed by atoms with Crippen molar-refractivity contribution in [2.45, 2.75) is 31.5 Å². The highest BCUT2D eigenvalue weighted by molar-refractivity contribution is 7.09. The summed E-state index contributed by atoms with van der Waals surface area (Å²) >= 11 is 1.52. The lowest BCUT2D eigenvalue weighted by molar-refractivity contribution is -0.192. The molecule has 1 aromatic heterocycles. The van der Waals surface area contributed by atoms with Crippen LogP contribution in [0.5, 0.6) is 0 Å². The third-order valence-corrected chi connectivity index (χ3v) is 4.90. The van der Waals surface area contributed by atoms with Crippen LogP contribution in [0.3, 0.4) is 0 Å². The molecule has 1 spiro atoms. The third kappa shape index (κ3) is 5.39. The molecule has 26 heavy (non-hydrogen) atoms. The van der Waals surface area contributed by atoms with Crippen LogP contribution >= 0.6 is 11.3 Å². The van der Waals surface area contributed by atoms with Crippen molar-refractivity contribution in [2.24, 2.45) is 0 Å². The van der Waals surface area contributed by atoms with Crippen LogP contribution in [0.4, 0.5) is 13.2 Å². The fraction of sp³-hybridized carbons (Fsp3) is 0.667. The zero-order valence-electron chi connectivity index (χ0n) is 14.1. The van der Waals surface area contributed by atoms with E-state index in [1.54, 1.807) is 0 Å². The van der Waals surface area contributed by atoms with E-state index in [1.807, 2.05) is 17.2 Å². The SMILES string of the molecule is Cc1nc(C(=O)N2CCOC3(CCNCC3)C2)cs1.O=C(O)C(F)(F)F. The number of hydrogen-bond acceptors (Lipinski definition) is 6. The van der Waals surface area contributed by atoms with Crippen molar-refractivity contribution in [3.05, 3.63) is 16.1 Å². The average Bonchev–Trinajstić information content (AvgIpc) is 3.01. The predicted octanol–water partition coefficient (Wildman–Crippen LogP) is 1.68. The van der Waals surface area contributed by atoms with Crippen LogP contribution in [0.1, 0.15) is 28.3 Å². The van der Waals surface area contributed by atoms with Gasteiger partial charge in [-0.3, -0.25) is 4.79 Å². The van der Waals surface area contributed by atoms with E-state index in [0.29, 0.717) is 25.4 Å². The second kappa shape index (κ2) is 8.31. The number of hydrogen-bond donors (Lipinski definition) is 2. The topological polar surface area (TPSA) is 91.8 Å². The molecular weight excluding hydrogens is 375 g/mol. The maximum Gasteiger partial charge on any atom is 0.490 e. The molecule has 3 rings (SSSR count). The number of halogens is 3. The fourth-order valence-corrected chi connectivity index (χ4v) is 3.41. The Labute approximate surface area is 152 Å². The first kappa shape index (κ1) is 20.6. The molecule has 0 unspecified atom stereocenters. The van der Waals surface area contributed by atoms with E-state index in [0.717, 1.165) is 30.9 Å². The number of aryl methyl sites for hydroxylation is 1. The lowest BCUT2D eigenvalue weighted by Crippen LogP contribution is -2.57. The highest BCUT2D eigenvalue weighted by atomic mass is 32.1. The molecule has 0 aromatic carbocycles. The summed E-state index contributed by atoms with van der Waals surface area (Å²) in [7, 11) is 0. The third-order valence-electron chi connectivity index (χ3n) is 4.13. The second-order valence-corrected chi connectivity index (χ2v) is 7.13. The Morgan fingerprint density at radius 2 is 2.00 bits per heavy atom. The van der Waals surface area contributed by atoms with Gasteiger partial charge in [0, 0.05) is 11.9 Å². The Balaban J connectivity index is 0.000000298. The van der Waals surface area contributed by atoms with Crippen LogP contribution < -0.4 is 5.32 Å². The van der Waals surface area contributed by atoms with Gasteiger partial charge in [0.2, 0.25) is 0 Å². The van der Waals surface area contributed by atoms with Crippen molar-refractivity contribution in [3.63, 3.8) is 0 Å². The smallest absolute Gasteiger partial charge is 0.475 e. The molecule has 3 heterocycles. The summed E-state index contributed by atoms with van der Waals surface area (Å²) in [5.74, 6) is -2.71.